The van der Waals surface area contributed by atoms with Gasteiger partial charge in [-0.2, -0.15) is 0 Å². The number of nitrogens with zero attached hydrogens (tertiary/aromatic N) is 1. The van der Waals surface area contributed by atoms with Crippen molar-refractivity contribution in [1.29, 1.82) is 0 Å². The predicted molar refractivity (Wildman–Crippen MR) is 83.0 cm³/mol. The molecule has 2 atom stereocenters. The summed E-state index contributed by atoms with van der Waals surface area (Å²) in [7, 11) is 1.82. The van der Waals surface area contributed by atoms with Gasteiger partial charge in [-0.15, -0.1) is 11.3 Å². The molecule has 2 aliphatic rings. The van der Waals surface area contributed by atoms with Gasteiger partial charge < -0.3 is 10.2 Å². The first-order chi connectivity index (χ1) is 10.2. The van der Waals surface area contributed by atoms with E-state index in [4.69, 9.17) is 0 Å². The monoisotopic (exact) mass is 306 g/mol. The number of piperidine rings is 1. The number of likely N-dealkylation sites (tertiary alicyclic amines) is 1. The molecule has 2 fully saturated rings. The summed E-state index contributed by atoms with van der Waals surface area (Å²) in [6.45, 7) is 0. The van der Waals surface area contributed by atoms with Crippen molar-refractivity contribution in [1.82, 2.24) is 10.2 Å². The van der Waals surface area contributed by atoms with Crippen molar-refractivity contribution >= 4 is 23.2 Å². The van der Waals surface area contributed by atoms with Crippen LogP contribution in [0.3, 0.4) is 0 Å². The molecule has 1 saturated heterocycles. The number of hydrogen-bond acceptors (Lipinski definition) is 3. The summed E-state index contributed by atoms with van der Waals surface area (Å²) in [6.07, 6.45) is 5.74. The molecular weight excluding hydrogens is 284 g/mol. The van der Waals surface area contributed by atoms with Crippen LogP contribution in [-0.2, 0) is 9.59 Å². The van der Waals surface area contributed by atoms with Gasteiger partial charge in [0.1, 0.15) is 0 Å². The highest BCUT2D eigenvalue weighted by Gasteiger charge is 2.39. The molecule has 1 aliphatic heterocycles. The van der Waals surface area contributed by atoms with Gasteiger partial charge in [-0.05, 0) is 30.7 Å². The Morgan fingerprint density at radius 3 is 2.76 bits per heavy atom. The van der Waals surface area contributed by atoms with Crippen LogP contribution in [0.5, 0.6) is 0 Å². The van der Waals surface area contributed by atoms with Gasteiger partial charge in [0, 0.05) is 24.4 Å². The smallest absolute Gasteiger partial charge is 0.225 e. The molecule has 2 amide bonds. The molecule has 0 radical (unpaired) electrons. The third kappa shape index (κ3) is 2.98. The maximum absolute atomic E-state index is 12.7. The van der Waals surface area contributed by atoms with Gasteiger partial charge in [0.05, 0.1) is 12.0 Å². The number of rotatable bonds is 3. The van der Waals surface area contributed by atoms with Crippen LogP contribution in [0.15, 0.2) is 17.5 Å². The van der Waals surface area contributed by atoms with Gasteiger partial charge in [0.15, 0.2) is 0 Å². The third-order valence-corrected chi connectivity index (χ3v) is 5.68. The molecule has 0 spiro atoms. The van der Waals surface area contributed by atoms with E-state index in [2.05, 4.69) is 5.32 Å². The Labute approximate surface area is 129 Å². The Kier molecular flexibility index (Phi) is 4.29. The molecule has 114 valence electrons. The number of carbonyl (C=O) groups is 2. The molecule has 21 heavy (non-hydrogen) atoms. The molecule has 5 heteroatoms. The molecule has 1 N–H and O–H groups in total. The van der Waals surface area contributed by atoms with E-state index in [0.29, 0.717) is 18.9 Å². The van der Waals surface area contributed by atoms with Crippen LogP contribution in [0.1, 0.15) is 49.4 Å². The minimum absolute atomic E-state index is 0.104. The van der Waals surface area contributed by atoms with Gasteiger partial charge in [0.25, 0.3) is 0 Å². The van der Waals surface area contributed by atoms with Crippen LogP contribution in [-0.4, -0.2) is 29.8 Å². The van der Waals surface area contributed by atoms with E-state index in [-0.39, 0.29) is 23.8 Å². The number of amides is 2. The first-order valence-corrected chi connectivity index (χ1v) is 8.64. The summed E-state index contributed by atoms with van der Waals surface area (Å²) in [5, 5.41) is 5.21. The van der Waals surface area contributed by atoms with Crippen molar-refractivity contribution in [2.45, 2.75) is 50.6 Å². The Balaban J connectivity index is 1.77. The molecule has 1 saturated carbocycles. The predicted octanol–water partition coefficient (Wildman–Crippen LogP) is 2.72. The van der Waals surface area contributed by atoms with Gasteiger partial charge in [-0.3, -0.25) is 9.59 Å². The highest BCUT2D eigenvalue weighted by atomic mass is 32.1. The first kappa shape index (κ1) is 14.6. The zero-order valence-corrected chi connectivity index (χ0v) is 13.2. The average Bonchev–Trinajstić information content (AvgIpc) is 3.14. The van der Waals surface area contributed by atoms with E-state index in [9.17, 15) is 9.59 Å². The fourth-order valence-electron chi connectivity index (χ4n) is 3.54. The molecule has 1 aromatic heterocycles. The zero-order valence-electron chi connectivity index (χ0n) is 12.4. The summed E-state index contributed by atoms with van der Waals surface area (Å²) < 4.78 is 0. The van der Waals surface area contributed by atoms with E-state index < -0.39 is 0 Å². The van der Waals surface area contributed by atoms with E-state index in [1.807, 2.05) is 24.6 Å². The van der Waals surface area contributed by atoms with Gasteiger partial charge >= 0.3 is 0 Å². The van der Waals surface area contributed by atoms with Crippen LogP contribution in [0, 0.1) is 5.92 Å². The van der Waals surface area contributed by atoms with Crippen molar-refractivity contribution in [2.24, 2.45) is 5.92 Å². The van der Waals surface area contributed by atoms with Crippen molar-refractivity contribution < 1.29 is 9.59 Å². The molecule has 2 heterocycles. The van der Waals surface area contributed by atoms with Crippen LogP contribution >= 0.6 is 11.3 Å². The Hall–Kier alpha value is -1.36. The molecule has 0 unspecified atom stereocenters. The van der Waals surface area contributed by atoms with E-state index in [1.165, 1.54) is 12.8 Å². The Morgan fingerprint density at radius 2 is 2.10 bits per heavy atom. The fourth-order valence-corrected chi connectivity index (χ4v) is 4.47. The molecule has 3 rings (SSSR count). The minimum atomic E-state index is -0.119. The number of nitrogens with one attached hydrogen (secondary N) is 1. The molecule has 0 aromatic carbocycles. The summed E-state index contributed by atoms with van der Waals surface area (Å²) in [4.78, 5) is 27.5. The second-order valence-electron chi connectivity index (χ2n) is 6.10. The standard InChI is InChI=1S/C16H22N2O2S/c1-18-14(19)9-8-12(15(18)13-7-4-10-21-13)16(20)17-11-5-2-3-6-11/h4,7,10-12,15H,2-3,5-6,8-9H2,1H3,(H,17,20)/t12-,15-/m0/s1. The second-order valence-corrected chi connectivity index (χ2v) is 7.08. The van der Waals surface area contributed by atoms with Crippen molar-refractivity contribution in [3.63, 3.8) is 0 Å². The van der Waals surface area contributed by atoms with Crippen LogP contribution in [0.4, 0.5) is 0 Å². The van der Waals surface area contributed by atoms with E-state index in [1.54, 1.807) is 16.2 Å². The van der Waals surface area contributed by atoms with Crippen LogP contribution < -0.4 is 5.32 Å². The normalized spacial score (nSPS) is 27.1. The summed E-state index contributed by atoms with van der Waals surface area (Å²) in [5.41, 5.74) is 0. The van der Waals surface area contributed by atoms with Crippen molar-refractivity contribution in [3.05, 3.63) is 22.4 Å². The third-order valence-electron chi connectivity index (χ3n) is 4.73. The van der Waals surface area contributed by atoms with Crippen LogP contribution in [0.25, 0.3) is 0 Å². The SMILES string of the molecule is CN1C(=O)CC[C@H](C(=O)NC2CCCC2)[C@H]1c1cccs1. The fraction of sp³-hybridized carbons (Fsp3) is 0.625. The molecule has 1 aromatic rings. The number of hydrogen-bond donors (Lipinski definition) is 1. The van der Waals surface area contributed by atoms with Gasteiger partial charge in [0.2, 0.25) is 11.8 Å². The lowest BCUT2D eigenvalue weighted by molar-refractivity contribution is -0.141. The van der Waals surface area contributed by atoms with Crippen LogP contribution in [0.2, 0.25) is 0 Å². The van der Waals surface area contributed by atoms with E-state index >= 15 is 0 Å². The van der Waals surface area contributed by atoms with Gasteiger partial charge in [-0.1, -0.05) is 18.9 Å². The average molecular weight is 306 g/mol. The Morgan fingerprint density at radius 1 is 1.33 bits per heavy atom. The lowest BCUT2D eigenvalue weighted by atomic mass is 9.87. The topological polar surface area (TPSA) is 49.4 Å². The zero-order chi connectivity index (χ0) is 14.8. The first-order valence-electron chi connectivity index (χ1n) is 7.76. The Bertz CT molecular complexity index is 508. The highest BCUT2D eigenvalue weighted by molar-refractivity contribution is 7.10. The number of carbonyl (C=O) groups excluding carboxylic acids is 2. The minimum Gasteiger partial charge on any atom is -0.353 e. The highest BCUT2D eigenvalue weighted by Crippen LogP contribution is 2.38. The molecule has 0 bridgehead atoms. The molecular formula is C16H22N2O2S. The maximum Gasteiger partial charge on any atom is 0.225 e. The molecule has 1 aliphatic carbocycles. The lowest BCUT2D eigenvalue weighted by Crippen LogP contribution is -2.47. The maximum atomic E-state index is 12.7. The van der Waals surface area contributed by atoms with E-state index in [0.717, 1.165) is 17.7 Å². The number of thiophene rings is 1. The second kappa shape index (κ2) is 6.18. The largest absolute Gasteiger partial charge is 0.353 e. The molecule has 4 nitrogen and oxygen atoms in total. The lowest BCUT2D eigenvalue weighted by Gasteiger charge is -2.38. The van der Waals surface area contributed by atoms with Crippen molar-refractivity contribution in [2.75, 3.05) is 7.05 Å². The summed E-state index contributed by atoms with van der Waals surface area (Å²) in [5.74, 6) is 0.143. The quantitative estimate of drug-likeness (QED) is 0.933. The summed E-state index contributed by atoms with van der Waals surface area (Å²) in [6, 6.07) is 4.25. The van der Waals surface area contributed by atoms with Crippen molar-refractivity contribution in [3.8, 4) is 0 Å². The summed E-state index contributed by atoms with van der Waals surface area (Å²) >= 11 is 1.63. The van der Waals surface area contributed by atoms with Gasteiger partial charge in [-0.25, -0.2) is 0 Å².